The maximum atomic E-state index is 14.0. The summed E-state index contributed by atoms with van der Waals surface area (Å²) in [5.41, 5.74) is 11.2. The predicted octanol–water partition coefficient (Wildman–Crippen LogP) is 8.45. The number of ether oxygens (including phenoxy) is 4. The normalized spacial score (nSPS) is 16.6. The van der Waals surface area contributed by atoms with Gasteiger partial charge in [-0.25, -0.2) is 0 Å². The third-order valence-corrected chi connectivity index (χ3v) is 13.1. The molecule has 4 aliphatic rings. The van der Waals surface area contributed by atoms with E-state index in [4.69, 9.17) is 31.6 Å². The molecule has 0 aromatic heterocycles. The van der Waals surface area contributed by atoms with E-state index in [1.165, 1.54) is 16.7 Å². The van der Waals surface area contributed by atoms with E-state index in [0.717, 1.165) is 89.2 Å². The van der Waals surface area contributed by atoms with Crippen LogP contribution in [0, 0.1) is 12.8 Å². The van der Waals surface area contributed by atoms with Gasteiger partial charge in [0.15, 0.2) is 11.5 Å². The van der Waals surface area contributed by atoms with Crippen LogP contribution in [0.3, 0.4) is 0 Å². The lowest BCUT2D eigenvalue weighted by Gasteiger charge is -2.23. The van der Waals surface area contributed by atoms with Crippen LogP contribution in [0.5, 0.6) is 17.2 Å². The number of nitrogens with zero attached hydrogens (tertiary/aromatic N) is 2. The number of thioether (sulfide) groups is 1. The molecule has 0 radical (unpaired) electrons. The van der Waals surface area contributed by atoms with Gasteiger partial charge in [0.25, 0.3) is 11.8 Å². The topological polar surface area (TPSA) is 153 Å². The molecular weight excluding hydrogens is 865 g/mol. The van der Waals surface area contributed by atoms with E-state index in [2.05, 4.69) is 54.8 Å². The first-order valence-electron chi connectivity index (χ1n) is 21.9. The van der Waals surface area contributed by atoms with Gasteiger partial charge < -0.3 is 39.4 Å². The Bertz CT molecular complexity index is 2690. The van der Waals surface area contributed by atoms with Crippen molar-refractivity contribution in [3.8, 4) is 17.2 Å². The Morgan fingerprint density at radius 3 is 1.78 bits per heavy atom. The highest BCUT2D eigenvalue weighted by atomic mass is 32.2. The van der Waals surface area contributed by atoms with Crippen LogP contribution in [-0.2, 0) is 47.2 Å². The number of rotatable bonds is 15. The van der Waals surface area contributed by atoms with Gasteiger partial charge in [-0.05, 0) is 95.8 Å². The molecule has 0 unspecified atom stereocenters. The summed E-state index contributed by atoms with van der Waals surface area (Å²) in [6.07, 6.45) is 2.71. The van der Waals surface area contributed by atoms with Gasteiger partial charge in [0, 0.05) is 54.7 Å². The zero-order valence-electron chi connectivity index (χ0n) is 37.1. The molecule has 5 aromatic carbocycles. The summed E-state index contributed by atoms with van der Waals surface area (Å²) in [6, 6.07) is 30.6. The molecule has 5 aromatic rings. The Balaban J connectivity index is 0.00000138. The van der Waals surface area contributed by atoms with Crippen LogP contribution in [0.25, 0.3) is 0 Å². The molecule has 15 heteroatoms. The third kappa shape index (κ3) is 10.4. The number of carbonyl (C=O) groups excluding carboxylic acids is 2. The number of fused-ring (bicyclic) bond motifs is 8. The summed E-state index contributed by atoms with van der Waals surface area (Å²) in [6.45, 7) is 9.86. The molecule has 340 valence electrons. The lowest BCUT2D eigenvalue weighted by Crippen LogP contribution is -2.39. The van der Waals surface area contributed by atoms with Gasteiger partial charge >= 0.3 is 10.6 Å². The SMILES string of the molecule is COc1cc2c(cc1OCc1cc(COc3cc4c(cc3C)C(=O)N3c5ccccc5C[C@H]3CN4)cc(CSCCOCCC(C)C)c1)NC[C@@H]1Cc3ccccc3N1C2=O.O=S(=O)=O. The van der Waals surface area contributed by atoms with Crippen molar-refractivity contribution in [3.05, 3.63) is 136 Å². The van der Waals surface area contributed by atoms with Crippen molar-refractivity contribution in [2.75, 3.05) is 59.6 Å². The Morgan fingerprint density at radius 2 is 1.22 bits per heavy atom. The number of hydrogen-bond acceptors (Lipinski definition) is 12. The molecule has 0 bridgehead atoms. The fourth-order valence-corrected chi connectivity index (χ4v) is 9.76. The molecule has 65 heavy (non-hydrogen) atoms. The number of para-hydroxylation sites is 2. The van der Waals surface area contributed by atoms with E-state index in [0.29, 0.717) is 54.8 Å². The van der Waals surface area contributed by atoms with E-state index >= 15 is 0 Å². The molecule has 2 N–H and O–H groups in total. The molecule has 2 amide bonds. The quantitative estimate of drug-likeness (QED) is 0.0970. The number of nitrogens with one attached hydrogen (secondary N) is 2. The molecule has 0 spiro atoms. The minimum Gasteiger partial charge on any atom is -0.493 e. The summed E-state index contributed by atoms with van der Waals surface area (Å²) < 4.78 is 50.1. The van der Waals surface area contributed by atoms with Gasteiger partial charge in [-0.15, -0.1) is 12.6 Å². The second-order valence-corrected chi connectivity index (χ2v) is 18.6. The lowest BCUT2D eigenvalue weighted by molar-refractivity contribution is 0.0975. The average Bonchev–Trinajstić information content (AvgIpc) is 3.78. The molecule has 4 heterocycles. The maximum Gasteiger partial charge on any atom is 0.425 e. The second kappa shape index (κ2) is 20.4. The van der Waals surface area contributed by atoms with E-state index in [1.54, 1.807) is 13.2 Å². The van der Waals surface area contributed by atoms with E-state index in [9.17, 15) is 9.59 Å². The van der Waals surface area contributed by atoms with Crippen molar-refractivity contribution < 1.29 is 41.2 Å². The number of aryl methyl sites for hydroxylation is 1. The Labute approximate surface area is 385 Å². The van der Waals surface area contributed by atoms with E-state index in [-0.39, 0.29) is 23.9 Å². The van der Waals surface area contributed by atoms with Crippen LogP contribution in [0.15, 0.2) is 91.0 Å². The van der Waals surface area contributed by atoms with Crippen molar-refractivity contribution >= 4 is 56.9 Å². The standard InChI is InChI=1S/C50H54N4O6S.O3S/c1-31(2)13-14-58-15-16-61-30-35-19-33(28-59-46-24-42-40(17-32(46)3)49(55)53-38(26-51-42)21-36-9-5-7-11-44(36)53)18-34(20-35)29-60-48-25-43-41(23-47(48)57-4)50(56)54-39(27-52-43)22-37-10-6-8-12-45(37)54;1-4(2)3/h5-12,17-20,23-25,31,38-39,51-52H,13-16,21-22,26-30H2,1-4H3;/t38-,39-;/m0./s1. The highest BCUT2D eigenvalue weighted by molar-refractivity contribution is 7.98. The van der Waals surface area contributed by atoms with Gasteiger partial charge in [0.2, 0.25) is 0 Å². The number of anilines is 4. The smallest absolute Gasteiger partial charge is 0.425 e. The molecule has 9 rings (SSSR count). The van der Waals surface area contributed by atoms with Crippen molar-refractivity contribution in [3.63, 3.8) is 0 Å². The fraction of sp³-hybridized carbons (Fsp3) is 0.360. The maximum absolute atomic E-state index is 14.0. The van der Waals surface area contributed by atoms with Crippen LogP contribution >= 0.6 is 11.8 Å². The van der Waals surface area contributed by atoms with Gasteiger partial charge in [0.1, 0.15) is 19.0 Å². The van der Waals surface area contributed by atoms with Crippen LogP contribution < -0.4 is 34.6 Å². The summed E-state index contributed by atoms with van der Waals surface area (Å²) in [4.78, 5) is 31.9. The lowest BCUT2D eigenvalue weighted by atomic mass is 10.1. The van der Waals surface area contributed by atoms with Gasteiger partial charge in [-0.1, -0.05) is 62.4 Å². The highest BCUT2D eigenvalue weighted by Gasteiger charge is 2.39. The number of benzene rings is 5. The van der Waals surface area contributed by atoms with Gasteiger partial charge in [-0.3, -0.25) is 9.59 Å². The monoisotopic (exact) mass is 918 g/mol. The number of hydrogen-bond donors (Lipinski definition) is 2. The molecule has 4 aliphatic heterocycles. The second-order valence-electron chi connectivity index (χ2n) is 17.1. The van der Waals surface area contributed by atoms with Crippen LogP contribution in [0.1, 0.15) is 74.4 Å². The van der Waals surface area contributed by atoms with Crippen LogP contribution in [-0.4, -0.2) is 75.7 Å². The number of carbonyl (C=O) groups is 2. The number of amides is 2. The molecule has 0 saturated carbocycles. The van der Waals surface area contributed by atoms with Gasteiger partial charge in [0.05, 0.1) is 48.3 Å². The van der Waals surface area contributed by atoms with Crippen molar-refractivity contribution in [2.24, 2.45) is 5.92 Å². The summed E-state index contributed by atoms with van der Waals surface area (Å²) >= 11 is 1.85. The van der Waals surface area contributed by atoms with Crippen LogP contribution in [0.2, 0.25) is 0 Å². The largest absolute Gasteiger partial charge is 0.493 e. The third-order valence-electron chi connectivity index (χ3n) is 12.1. The molecule has 2 atom stereocenters. The Morgan fingerprint density at radius 1 is 0.692 bits per heavy atom. The van der Waals surface area contributed by atoms with Crippen molar-refractivity contribution in [2.45, 2.75) is 71.1 Å². The zero-order chi connectivity index (χ0) is 45.6. The molecule has 0 saturated heterocycles. The Kier molecular flexibility index (Phi) is 14.3. The number of methoxy groups -OCH3 is 1. The summed E-state index contributed by atoms with van der Waals surface area (Å²) in [5.74, 6) is 4.11. The molecule has 0 fully saturated rings. The average molecular weight is 919 g/mol. The minimum absolute atomic E-state index is 0.0179. The minimum atomic E-state index is -3.11. The molecule has 13 nitrogen and oxygen atoms in total. The summed E-state index contributed by atoms with van der Waals surface area (Å²) in [5, 5.41) is 7.10. The fourth-order valence-electron chi connectivity index (χ4n) is 8.98. The zero-order valence-corrected chi connectivity index (χ0v) is 38.7. The summed E-state index contributed by atoms with van der Waals surface area (Å²) in [7, 11) is -1.50. The first kappa shape index (κ1) is 45.5. The van der Waals surface area contributed by atoms with Crippen molar-refractivity contribution in [1.29, 1.82) is 0 Å². The van der Waals surface area contributed by atoms with Crippen LogP contribution in [0.4, 0.5) is 22.7 Å². The molecular formula is C50H54N4O9S2. The Hall–Kier alpha value is -6.03. The molecule has 0 aliphatic carbocycles. The van der Waals surface area contributed by atoms with E-state index < -0.39 is 10.6 Å². The highest BCUT2D eigenvalue weighted by Crippen LogP contribution is 2.42. The first-order chi connectivity index (χ1) is 31.5. The van der Waals surface area contributed by atoms with Crippen molar-refractivity contribution in [1.82, 2.24) is 0 Å². The van der Waals surface area contributed by atoms with E-state index in [1.807, 2.05) is 83.1 Å². The first-order valence-corrected chi connectivity index (χ1v) is 24.1. The van der Waals surface area contributed by atoms with Gasteiger partial charge in [-0.2, -0.15) is 11.8 Å². The predicted molar refractivity (Wildman–Crippen MR) is 254 cm³/mol.